The number of benzene rings is 7. The van der Waals surface area contributed by atoms with Gasteiger partial charge in [-0.2, -0.15) is 0 Å². The second-order valence-corrected chi connectivity index (χ2v) is 11.3. The highest BCUT2D eigenvalue weighted by Gasteiger charge is 2.25. The minimum absolute atomic E-state index is 1.13. The maximum absolute atomic E-state index is 2.42. The minimum Gasteiger partial charge on any atom is -0.309 e. The summed E-state index contributed by atoms with van der Waals surface area (Å²) in [5.74, 6) is 0. The summed E-state index contributed by atoms with van der Waals surface area (Å²) in [6, 6.07) is 55.0. The van der Waals surface area contributed by atoms with E-state index in [1.807, 2.05) is 0 Å². The van der Waals surface area contributed by atoms with Gasteiger partial charge >= 0.3 is 0 Å². The Morgan fingerprint density at radius 2 is 0.535 bits per heavy atom. The van der Waals surface area contributed by atoms with Gasteiger partial charge in [0.05, 0.1) is 11.4 Å². The number of hydrogen-bond donors (Lipinski definition) is 0. The van der Waals surface area contributed by atoms with Crippen LogP contribution in [0.5, 0.6) is 0 Å². The first kappa shape index (κ1) is 26.6. The molecule has 7 aromatic carbocycles. The molecular formula is C41H34N2. The number of anilines is 6. The molecule has 0 atom stereocenters. The van der Waals surface area contributed by atoms with Crippen LogP contribution in [0, 0.1) is 20.8 Å². The van der Waals surface area contributed by atoms with E-state index in [0.717, 1.165) is 22.7 Å². The maximum Gasteiger partial charge on any atom is 0.0619 e. The Hall–Kier alpha value is -5.34. The smallest absolute Gasteiger partial charge is 0.0619 e. The molecule has 7 aromatic rings. The lowest BCUT2D eigenvalue weighted by molar-refractivity contribution is 1.28. The van der Waals surface area contributed by atoms with Crippen LogP contribution in [0.4, 0.5) is 34.1 Å². The first-order valence-corrected chi connectivity index (χ1v) is 14.9. The summed E-state index contributed by atoms with van der Waals surface area (Å²) in [5, 5.41) is 4.80. The molecule has 0 aromatic heterocycles. The van der Waals surface area contributed by atoms with Gasteiger partial charge in [0, 0.05) is 44.3 Å². The van der Waals surface area contributed by atoms with E-state index in [1.165, 1.54) is 49.6 Å². The second-order valence-electron chi connectivity index (χ2n) is 11.3. The molecule has 0 saturated heterocycles. The third-order valence-electron chi connectivity index (χ3n) is 8.21. The van der Waals surface area contributed by atoms with Crippen molar-refractivity contribution < 1.29 is 0 Å². The minimum atomic E-state index is 1.13. The van der Waals surface area contributed by atoms with Gasteiger partial charge in [0.1, 0.15) is 0 Å². The van der Waals surface area contributed by atoms with E-state index < -0.39 is 0 Å². The number of rotatable bonds is 6. The Morgan fingerprint density at radius 3 is 0.837 bits per heavy atom. The highest BCUT2D eigenvalue weighted by molar-refractivity contribution is 6.23. The quantitative estimate of drug-likeness (QED) is 0.149. The van der Waals surface area contributed by atoms with E-state index >= 15 is 0 Å². The van der Waals surface area contributed by atoms with Crippen molar-refractivity contribution >= 4 is 55.7 Å². The summed E-state index contributed by atoms with van der Waals surface area (Å²) < 4.78 is 0. The molecule has 2 heteroatoms. The van der Waals surface area contributed by atoms with Crippen molar-refractivity contribution in [3.63, 3.8) is 0 Å². The molecule has 0 N–H and O–H groups in total. The monoisotopic (exact) mass is 554 g/mol. The summed E-state index contributed by atoms with van der Waals surface area (Å²) in [6.45, 7) is 6.42. The van der Waals surface area contributed by atoms with Gasteiger partial charge in [0.2, 0.25) is 0 Å². The highest BCUT2D eigenvalue weighted by atomic mass is 15.2. The molecule has 0 heterocycles. The topological polar surface area (TPSA) is 6.48 Å². The van der Waals surface area contributed by atoms with E-state index in [2.05, 4.69) is 182 Å². The first-order valence-electron chi connectivity index (χ1n) is 14.9. The molecule has 0 radical (unpaired) electrons. The Bertz CT molecular complexity index is 1920. The lowest BCUT2D eigenvalue weighted by Crippen LogP contribution is -2.14. The predicted molar refractivity (Wildman–Crippen MR) is 185 cm³/mol. The molecule has 0 unspecified atom stereocenters. The largest absolute Gasteiger partial charge is 0.309 e. The molecule has 0 aliphatic rings. The SMILES string of the molecule is Cc1ccc(N(c2ccccc2)c2c3ccccc3c(N(c3ccc(C)cc3)c3ccc(C)cc3)c3ccccc23)cc1. The number of hydrogen-bond acceptors (Lipinski definition) is 2. The number of aryl methyl sites for hydroxylation is 3. The van der Waals surface area contributed by atoms with Crippen LogP contribution < -0.4 is 9.80 Å². The molecule has 7 rings (SSSR count). The van der Waals surface area contributed by atoms with Crippen molar-refractivity contribution in [2.75, 3.05) is 9.80 Å². The maximum atomic E-state index is 2.42. The van der Waals surface area contributed by atoms with Crippen molar-refractivity contribution in [1.29, 1.82) is 0 Å². The zero-order chi connectivity index (χ0) is 29.3. The Morgan fingerprint density at radius 1 is 0.279 bits per heavy atom. The van der Waals surface area contributed by atoms with Gasteiger partial charge < -0.3 is 9.80 Å². The van der Waals surface area contributed by atoms with E-state index in [9.17, 15) is 0 Å². The summed E-state index contributed by atoms with van der Waals surface area (Å²) in [6.07, 6.45) is 0. The van der Waals surface area contributed by atoms with Crippen LogP contribution in [-0.2, 0) is 0 Å². The number of nitrogens with zero attached hydrogens (tertiary/aromatic N) is 2. The average molecular weight is 555 g/mol. The number of para-hydroxylation sites is 1. The van der Waals surface area contributed by atoms with Gasteiger partial charge in [-0.3, -0.25) is 0 Å². The lowest BCUT2D eigenvalue weighted by atomic mass is 9.95. The molecule has 0 amide bonds. The highest BCUT2D eigenvalue weighted by Crippen LogP contribution is 2.50. The molecule has 0 bridgehead atoms. The fourth-order valence-electron chi connectivity index (χ4n) is 6.04. The van der Waals surface area contributed by atoms with Gasteiger partial charge in [-0.15, -0.1) is 0 Å². The zero-order valence-corrected chi connectivity index (χ0v) is 24.8. The molecular weight excluding hydrogens is 520 g/mol. The molecule has 2 nitrogen and oxygen atoms in total. The fraction of sp³-hybridized carbons (Fsp3) is 0.0732. The van der Waals surface area contributed by atoms with Gasteiger partial charge in [-0.1, -0.05) is 120 Å². The molecule has 0 spiro atoms. The van der Waals surface area contributed by atoms with E-state index in [4.69, 9.17) is 0 Å². The van der Waals surface area contributed by atoms with Gasteiger partial charge in [-0.05, 0) is 69.3 Å². The van der Waals surface area contributed by atoms with E-state index in [1.54, 1.807) is 0 Å². The van der Waals surface area contributed by atoms with Crippen LogP contribution >= 0.6 is 0 Å². The Kier molecular flexibility index (Phi) is 6.89. The van der Waals surface area contributed by atoms with Gasteiger partial charge in [0.25, 0.3) is 0 Å². The van der Waals surface area contributed by atoms with Gasteiger partial charge in [-0.25, -0.2) is 0 Å². The molecule has 0 aliphatic heterocycles. The van der Waals surface area contributed by atoms with E-state index in [-0.39, 0.29) is 0 Å². The molecule has 208 valence electrons. The second kappa shape index (κ2) is 11.2. The summed E-state index contributed by atoms with van der Waals surface area (Å²) in [5.41, 5.74) is 10.6. The fourth-order valence-corrected chi connectivity index (χ4v) is 6.04. The standard InChI is InChI=1S/C41H34N2/c1-29-17-23-33(24-18-29)42(32-11-5-4-6-12-32)40-36-13-7-9-15-38(36)41(39-16-10-8-14-37(39)40)43(34-25-19-30(2)20-26-34)35-27-21-31(3)22-28-35/h4-28H,1-3H3. The van der Waals surface area contributed by atoms with Crippen molar-refractivity contribution in [2.24, 2.45) is 0 Å². The molecule has 0 aliphatic carbocycles. The number of fused-ring (bicyclic) bond motifs is 2. The predicted octanol–water partition coefficient (Wildman–Crippen LogP) is 11.9. The van der Waals surface area contributed by atoms with Crippen molar-refractivity contribution in [2.45, 2.75) is 20.8 Å². The average Bonchev–Trinajstić information content (AvgIpc) is 3.05. The third-order valence-corrected chi connectivity index (χ3v) is 8.21. The van der Waals surface area contributed by atoms with Crippen LogP contribution in [-0.4, -0.2) is 0 Å². The first-order chi connectivity index (χ1) is 21.1. The van der Waals surface area contributed by atoms with E-state index in [0.29, 0.717) is 0 Å². The zero-order valence-electron chi connectivity index (χ0n) is 24.8. The third kappa shape index (κ3) is 4.91. The molecule has 0 fully saturated rings. The van der Waals surface area contributed by atoms with Crippen LogP contribution in [0.3, 0.4) is 0 Å². The summed E-state index contributed by atoms with van der Waals surface area (Å²) in [7, 11) is 0. The Balaban J connectivity index is 1.60. The van der Waals surface area contributed by atoms with Crippen LogP contribution in [0.25, 0.3) is 21.5 Å². The normalized spacial score (nSPS) is 11.1. The van der Waals surface area contributed by atoms with Crippen molar-refractivity contribution in [3.05, 3.63) is 168 Å². The van der Waals surface area contributed by atoms with Crippen molar-refractivity contribution in [3.8, 4) is 0 Å². The van der Waals surface area contributed by atoms with Crippen LogP contribution in [0.15, 0.2) is 152 Å². The lowest BCUT2D eigenvalue weighted by Gasteiger charge is -2.33. The summed E-state index contributed by atoms with van der Waals surface area (Å²) >= 11 is 0. The van der Waals surface area contributed by atoms with Gasteiger partial charge in [0.15, 0.2) is 0 Å². The Labute approximate surface area is 254 Å². The molecule has 43 heavy (non-hydrogen) atoms. The van der Waals surface area contributed by atoms with Crippen LogP contribution in [0.1, 0.15) is 16.7 Å². The van der Waals surface area contributed by atoms with Crippen LogP contribution in [0.2, 0.25) is 0 Å². The summed E-state index contributed by atoms with van der Waals surface area (Å²) in [4.78, 5) is 4.84. The molecule has 0 saturated carbocycles. The van der Waals surface area contributed by atoms with Crippen molar-refractivity contribution in [1.82, 2.24) is 0 Å².